The van der Waals surface area contributed by atoms with Crippen molar-refractivity contribution < 1.29 is 9.59 Å². The third-order valence-electron chi connectivity index (χ3n) is 2.24. The fraction of sp³-hybridized carbons (Fsp3) is 0.500. The number of amides is 3. The Morgan fingerprint density at radius 1 is 1.59 bits per heavy atom. The van der Waals surface area contributed by atoms with E-state index in [2.05, 4.69) is 10.4 Å². The van der Waals surface area contributed by atoms with Crippen LogP contribution in [0.5, 0.6) is 0 Å². The highest BCUT2D eigenvalue weighted by molar-refractivity contribution is 5.96. The van der Waals surface area contributed by atoms with Crippen molar-refractivity contribution in [3.63, 3.8) is 0 Å². The summed E-state index contributed by atoms with van der Waals surface area (Å²) in [4.78, 5) is 21.8. The predicted octanol–water partition coefficient (Wildman–Crippen LogP) is -0.864. The van der Waals surface area contributed by atoms with Crippen LogP contribution in [0.25, 0.3) is 0 Å². The van der Waals surface area contributed by atoms with Crippen molar-refractivity contribution in [1.82, 2.24) is 20.4 Å². The number of rotatable bonds is 5. The molecule has 1 rings (SSSR count). The van der Waals surface area contributed by atoms with E-state index in [-0.39, 0.29) is 0 Å². The van der Waals surface area contributed by atoms with Gasteiger partial charge in [-0.3, -0.25) is 14.8 Å². The van der Waals surface area contributed by atoms with Crippen LogP contribution in [-0.2, 0) is 18.3 Å². The maximum atomic E-state index is 11.3. The van der Waals surface area contributed by atoms with Crippen LogP contribution in [0.1, 0.15) is 12.6 Å². The normalized spacial score (nSPS) is 12.1. The predicted molar refractivity (Wildman–Crippen MR) is 62.1 cm³/mol. The van der Waals surface area contributed by atoms with Gasteiger partial charge in [-0.15, -0.1) is 0 Å². The first-order chi connectivity index (χ1) is 7.99. The second kappa shape index (κ2) is 6.00. The molecule has 94 valence electrons. The molecule has 4 N–H and O–H groups in total. The van der Waals surface area contributed by atoms with E-state index >= 15 is 0 Å². The lowest BCUT2D eigenvalue weighted by Crippen LogP contribution is -2.46. The summed E-state index contributed by atoms with van der Waals surface area (Å²) >= 11 is 0. The van der Waals surface area contributed by atoms with Crippen molar-refractivity contribution >= 4 is 11.9 Å². The summed E-state index contributed by atoms with van der Waals surface area (Å²) in [6.45, 7) is 2.26. The summed E-state index contributed by atoms with van der Waals surface area (Å²) in [7, 11) is 1.85. The number of carbonyl (C=O) groups is 2. The number of urea groups is 1. The molecule has 7 nitrogen and oxygen atoms in total. The molecule has 0 saturated carbocycles. The first kappa shape index (κ1) is 13.2. The van der Waals surface area contributed by atoms with Crippen molar-refractivity contribution in [3.8, 4) is 0 Å². The van der Waals surface area contributed by atoms with Gasteiger partial charge in [0.15, 0.2) is 0 Å². The van der Waals surface area contributed by atoms with Gasteiger partial charge in [0.05, 0.1) is 11.7 Å². The Labute approximate surface area is 99.4 Å². The molecule has 1 aromatic rings. The fourth-order valence-corrected chi connectivity index (χ4v) is 1.34. The second-order valence-corrected chi connectivity index (χ2v) is 3.76. The molecule has 0 radical (unpaired) electrons. The van der Waals surface area contributed by atoms with Crippen LogP contribution >= 0.6 is 0 Å². The Balaban J connectivity index is 2.26. The topological polar surface area (TPSA) is 102 Å². The zero-order valence-corrected chi connectivity index (χ0v) is 9.93. The fourth-order valence-electron chi connectivity index (χ4n) is 1.34. The molecule has 3 amide bonds. The molecule has 0 bridgehead atoms. The number of nitrogens with zero attached hydrogens (tertiary/aromatic N) is 2. The molecule has 0 aliphatic heterocycles. The molecule has 17 heavy (non-hydrogen) atoms. The van der Waals surface area contributed by atoms with Crippen LogP contribution in [0.4, 0.5) is 4.79 Å². The number of aryl methyl sites for hydroxylation is 1. The van der Waals surface area contributed by atoms with Crippen LogP contribution < -0.4 is 16.4 Å². The molecule has 0 saturated heterocycles. The SMILES string of the molecule is CC(NCCc1ccn(C)n1)C(=O)NC(N)=O. The molecule has 0 aromatic carbocycles. The lowest BCUT2D eigenvalue weighted by atomic mass is 10.2. The number of nitrogens with two attached hydrogens (primary N) is 1. The van der Waals surface area contributed by atoms with Crippen molar-refractivity contribution in [3.05, 3.63) is 18.0 Å². The quantitative estimate of drug-likeness (QED) is 0.622. The largest absolute Gasteiger partial charge is 0.351 e. The molecular weight excluding hydrogens is 222 g/mol. The average molecular weight is 239 g/mol. The van der Waals surface area contributed by atoms with Gasteiger partial charge < -0.3 is 11.1 Å². The lowest BCUT2D eigenvalue weighted by Gasteiger charge is -2.11. The van der Waals surface area contributed by atoms with Crippen LogP contribution in [0.15, 0.2) is 12.3 Å². The minimum Gasteiger partial charge on any atom is -0.351 e. The number of nitrogens with one attached hydrogen (secondary N) is 2. The smallest absolute Gasteiger partial charge is 0.318 e. The first-order valence-corrected chi connectivity index (χ1v) is 5.31. The standard InChI is InChI=1S/C10H17N5O2/c1-7(9(16)13-10(11)17)12-5-3-8-4-6-15(2)14-8/h4,6-7,12H,3,5H2,1-2H3,(H3,11,13,16,17). The summed E-state index contributed by atoms with van der Waals surface area (Å²) in [5, 5.41) is 9.19. The Morgan fingerprint density at radius 3 is 2.82 bits per heavy atom. The van der Waals surface area contributed by atoms with Gasteiger partial charge >= 0.3 is 6.03 Å². The van der Waals surface area contributed by atoms with Crippen LogP contribution in [-0.4, -0.2) is 34.3 Å². The number of hydrogen-bond donors (Lipinski definition) is 3. The number of imide groups is 1. The number of aromatic nitrogens is 2. The van der Waals surface area contributed by atoms with E-state index in [4.69, 9.17) is 5.73 Å². The maximum absolute atomic E-state index is 11.3. The lowest BCUT2D eigenvalue weighted by molar-refractivity contribution is -0.121. The van der Waals surface area contributed by atoms with E-state index < -0.39 is 18.0 Å². The van der Waals surface area contributed by atoms with Gasteiger partial charge in [-0.25, -0.2) is 4.79 Å². The Morgan fingerprint density at radius 2 is 2.29 bits per heavy atom. The number of carbonyl (C=O) groups excluding carboxylic acids is 2. The molecule has 1 aromatic heterocycles. The maximum Gasteiger partial charge on any atom is 0.318 e. The highest BCUT2D eigenvalue weighted by Gasteiger charge is 2.13. The molecule has 0 spiro atoms. The highest BCUT2D eigenvalue weighted by atomic mass is 16.2. The Hall–Kier alpha value is -1.89. The molecule has 0 fully saturated rings. The van der Waals surface area contributed by atoms with Gasteiger partial charge in [-0.2, -0.15) is 5.10 Å². The Kier molecular flexibility index (Phi) is 4.65. The molecule has 1 heterocycles. The van der Waals surface area contributed by atoms with Crippen LogP contribution in [0, 0.1) is 0 Å². The van der Waals surface area contributed by atoms with Crippen molar-refractivity contribution in [2.45, 2.75) is 19.4 Å². The van der Waals surface area contributed by atoms with Crippen molar-refractivity contribution in [1.29, 1.82) is 0 Å². The molecule has 1 atom stereocenters. The zero-order valence-electron chi connectivity index (χ0n) is 9.93. The summed E-state index contributed by atoms with van der Waals surface area (Å²) in [5.74, 6) is -0.432. The van der Waals surface area contributed by atoms with Gasteiger partial charge in [0.1, 0.15) is 0 Å². The minimum atomic E-state index is -0.839. The zero-order chi connectivity index (χ0) is 12.8. The summed E-state index contributed by atoms with van der Waals surface area (Å²) in [6.07, 6.45) is 2.58. The van der Waals surface area contributed by atoms with E-state index in [1.165, 1.54) is 0 Å². The molecule has 0 aliphatic rings. The first-order valence-electron chi connectivity index (χ1n) is 5.31. The number of hydrogen-bond acceptors (Lipinski definition) is 4. The molecule has 0 aliphatic carbocycles. The van der Waals surface area contributed by atoms with Gasteiger partial charge in [0.2, 0.25) is 5.91 Å². The summed E-state index contributed by atoms with van der Waals surface area (Å²) < 4.78 is 1.72. The van der Waals surface area contributed by atoms with E-state index in [0.717, 1.165) is 12.1 Å². The van der Waals surface area contributed by atoms with Gasteiger partial charge in [-0.1, -0.05) is 0 Å². The second-order valence-electron chi connectivity index (χ2n) is 3.76. The highest BCUT2D eigenvalue weighted by Crippen LogP contribution is 1.94. The van der Waals surface area contributed by atoms with E-state index in [1.807, 2.05) is 24.6 Å². The summed E-state index contributed by atoms with van der Waals surface area (Å²) in [5.41, 5.74) is 5.79. The van der Waals surface area contributed by atoms with E-state index in [1.54, 1.807) is 11.6 Å². The Bertz CT molecular complexity index is 401. The van der Waals surface area contributed by atoms with Crippen molar-refractivity contribution in [2.75, 3.05) is 6.54 Å². The molecular formula is C10H17N5O2. The number of primary amides is 1. The summed E-state index contributed by atoms with van der Waals surface area (Å²) in [6, 6.07) is 0.607. The monoisotopic (exact) mass is 239 g/mol. The van der Waals surface area contributed by atoms with Gasteiger partial charge in [0, 0.05) is 26.2 Å². The van der Waals surface area contributed by atoms with Crippen LogP contribution in [0.3, 0.4) is 0 Å². The van der Waals surface area contributed by atoms with E-state index in [0.29, 0.717) is 6.54 Å². The average Bonchev–Trinajstić information content (AvgIpc) is 2.63. The van der Waals surface area contributed by atoms with Crippen molar-refractivity contribution in [2.24, 2.45) is 12.8 Å². The van der Waals surface area contributed by atoms with Gasteiger partial charge in [-0.05, 0) is 13.0 Å². The molecule has 1 unspecified atom stereocenters. The van der Waals surface area contributed by atoms with Crippen LogP contribution in [0.2, 0.25) is 0 Å². The third-order valence-corrected chi connectivity index (χ3v) is 2.24. The van der Waals surface area contributed by atoms with Gasteiger partial charge in [0.25, 0.3) is 0 Å². The minimum absolute atomic E-state index is 0.432. The molecule has 7 heteroatoms. The third kappa shape index (κ3) is 4.64. The van der Waals surface area contributed by atoms with E-state index in [9.17, 15) is 9.59 Å².